The van der Waals surface area contributed by atoms with Crippen LogP contribution in [0.5, 0.6) is 0 Å². The summed E-state index contributed by atoms with van der Waals surface area (Å²) in [4.78, 5) is 0. The van der Waals surface area contributed by atoms with Crippen molar-refractivity contribution in [2.45, 2.75) is 50.7 Å². The molecule has 3 heterocycles. The number of rotatable bonds is 2. The molecule has 2 unspecified atom stereocenters. The SMILES string of the molecule is C1=COC(C2CCCCN2N2CCCCC2)C=C1. The van der Waals surface area contributed by atoms with Crippen LogP contribution in [-0.4, -0.2) is 41.8 Å². The molecule has 0 saturated carbocycles. The lowest BCUT2D eigenvalue weighted by molar-refractivity contribution is -0.115. The summed E-state index contributed by atoms with van der Waals surface area (Å²) < 4.78 is 5.80. The van der Waals surface area contributed by atoms with Crippen LogP contribution in [-0.2, 0) is 4.74 Å². The van der Waals surface area contributed by atoms with Gasteiger partial charge in [0.05, 0.1) is 12.3 Å². The van der Waals surface area contributed by atoms with Gasteiger partial charge in [-0.05, 0) is 37.8 Å². The summed E-state index contributed by atoms with van der Waals surface area (Å²) in [7, 11) is 0. The molecule has 0 amide bonds. The molecule has 0 aromatic heterocycles. The number of allylic oxidation sites excluding steroid dienone is 2. The molecule has 0 N–H and O–H groups in total. The highest BCUT2D eigenvalue weighted by molar-refractivity contribution is 5.10. The Bertz CT molecular complexity index is 320. The van der Waals surface area contributed by atoms with Gasteiger partial charge in [-0.25, -0.2) is 10.0 Å². The average Bonchev–Trinajstić information content (AvgIpc) is 2.49. The van der Waals surface area contributed by atoms with Crippen LogP contribution < -0.4 is 0 Å². The van der Waals surface area contributed by atoms with Crippen LogP contribution in [0.15, 0.2) is 24.5 Å². The van der Waals surface area contributed by atoms with Crippen molar-refractivity contribution in [3.63, 3.8) is 0 Å². The number of hydrogen-bond donors (Lipinski definition) is 0. The Balaban J connectivity index is 1.68. The molecule has 0 radical (unpaired) electrons. The van der Waals surface area contributed by atoms with Gasteiger partial charge in [0.1, 0.15) is 6.10 Å². The van der Waals surface area contributed by atoms with Crippen molar-refractivity contribution in [1.82, 2.24) is 10.0 Å². The molecule has 0 aliphatic carbocycles. The van der Waals surface area contributed by atoms with E-state index in [0.717, 1.165) is 0 Å². The third-order valence-corrected chi connectivity index (χ3v) is 4.32. The van der Waals surface area contributed by atoms with E-state index in [2.05, 4.69) is 22.2 Å². The van der Waals surface area contributed by atoms with Gasteiger partial charge < -0.3 is 4.74 Å². The molecule has 3 rings (SSSR count). The van der Waals surface area contributed by atoms with Crippen LogP contribution in [0.1, 0.15) is 38.5 Å². The number of hydrazine groups is 1. The van der Waals surface area contributed by atoms with Crippen molar-refractivity contribution in [1.29, 1.82) is 0 Å². The minimum atomic E-state index is 0.247. The number of piperidine rings is 2. The molecule has 2 fully saturated rings. The van der Waals surface area contributed by atoms with Gasteiger partial charge in [0.2, 0.25) is 0 Å². The quantitative estimate of drug-likeness (QED) is 0.747. The first-order valence-electron chi connectivity index (χ1n) is 7.45. The van der Waals surface area contributed by atoms with Crippen LogP contribution >= 0.6 is 0 Å². The Morgan fingerprint density at radius 1 is 0.889 bits per heavy atom. The second-order valence-corrected chi connectivity index (χ2v) is 5.55. The van der Waals surface area contributed by atoms with Gasteiger partial charge in [-0.1, -0.05) is 18.9 Å². The van der Waals surface area contributed by atoms with Crippen LogP contribution in [0.3, 0.4) is 0 Å². The first kappa shape index (κ1) is 12.2. The van der Waals surface area contributed by atoms with E-state index in [-0.39, 0.29) is 6.10 Å². The molecular weight excluding hydrogens is 224 g/mol. The van der Waals surface area contributed by atoms with Crippen molar-refractivity contribution in [2.24, 2.45) is 0 Å². The normalized spacial score (nSPS) is 34.4. The zero-order valence-corrected chi connectivity index (χ0v) is 11.1. The van der Waals surface area contributed by atoms with Gasteiger partial charge >= 0.3 is 0 Å². The highest BCUT2D eigenvalue weighted by Gasteiger charge is 2.33. The van der Waals surface area contributed by atoms with Gasteiger partial charge in [0, 0.05) is 19.6 Å². The maximum Gasteiger partial charge on any atom is 0.133 e. The van der Waals surface area contributed by atoms with Crippen molar-refractivity contribution in [2.75, 3.05) is 19.6 Å². The topological polar surface area (TPSA) is 15.7 Å². The number of nitrogens with zero attached hydrogens (tertiary/aromatic N) is 2. The highest BCUT2D eigenvalue weighted by Crippen LogP contribution is 2.26. The summed E-state index contributed by atoms with van der Waals surface area (Å²) in [5.41, 5.74) is 0. The van der Waals surface area contributed by atoms with E-state index in [4.69, 9.17) is 4.74 Å². The fourth-order valence-corrected chi connectivity index (χ4v) is 3.38. The minimum Gasteiger partial charge on any atom is -0.492 e. The predicted octanol–water partition coefficient (Wildman–Crippen LogP) is 2.71. The summed E-state index contributed by atoms with van der Waals surface area (Å²) in [6.07, 6.45) is 16.4. The van der Waals surface area contributed by atoms with E-state index >= 15 is 0 Å². The van der Waals surface area contributed by atoms with Crippen molar-refractivity contribution in [3.05, 3.63) is 24.5 Å². The minimum absolute atomic E-state index is 0.247. The van der Waals surface area contributed by atoms with E-state index in [1.165, 1.54) is 58.2 Å². The third kappa shape index (κ3) is 2.62. The average molecular weight is 248 g/mol. The maximum absolute atomic E-state index is 5.80. The first-order chi connectivity index (χ1) is 8.95. The summed E-state index contributed by atoms with van der Waals surface area (Å²) in [5, 5.41) is 5.19. The van der Waals surface area contributed by atoms with Gasteiger partial charge in [-0.15, -0.1) is 0 Å². The van der Waals surface area contributed by atoms with Crippen LogP contribution in [0.25, 0.3) is 0 Å². The van der Waals surface area contributed by atoms with Crippen LogP contribution in [0.2, 0.25) is 0 Å². The maximum atomic E-state index is 5.80. The Morgan fingerprint density at radius 3 is 2.50 bits per heavy atom. The van der Waals surface area contributed by atoms with E-state index in [9.17, 15) is 0 Å². The lowest BCUT2D eigenvalue weighted by Crippen LogP contribution is -2.56. The second-order valence-electron chi connectivity index (χ2n) is 5.55. The van der Waals surface area contributed by atoms with E-state index in [0.29, 0.717) is 6.04 Å². The van der Waals surface area contributed by atoms with Crippen LogP contribution in [0, 0.1) is 0 Å². The van der Waals surface area contributed by atoms with Crippen molar-refractivity contribution < 1.29 is 4.74 Å². The summed E-state index contributed by atoms with van der Waals surface area (Å²) in [5.74, 6) is 0. The molecule has 0 spiro atoms. The van der Waals surface area contributed by atoms with Gasteiger partial charge in [0.25, 0.3) is 0 Å². The molecule has 3 aliphatic rings. The van der Waals surface area contributed by atoms with E-state index in [1.54, 1.807) is 0 Å². The standard InChI is InChI=1S/C15H24N2O/c1-4-10-16(11-5-1)17-12-6-2-8-14(17)15-9-3-7-13-18-15/h3,7,9,13-15H,1-2,4-6,8,10-12H2. The fraction of sp³-hybridized carbons (Fsp3) is 0.733. The zero-order valence-electron chi connectivity index (χ0n) is 11.1. The largest absolute Gasteiger partial charge is 0.492 e. The van der Waals surface area contributed by atoms with Gasteiger partial charge in [0.15, 0.2) is 0 Å². The van der Waals surface area contributed by atoms with Crippen molar-refractivity contribution >= 4 is 0 Å². The molecule has 0 bridgehead atoms. The molecule has 3 nitrogen and oxygen atoms in total. The molecular formula is C15H24N2O. The van der Waals surface area contributed by atoms with E-state index < -0.39 is 0 Å². The Morgan fingerprint density at radius 2 is 1.72 bits per heavy atom. The highest BCUT2D eigenvalue weighted by atomic mass is 16.5. The fourth-order valence-electron chi connectivity index (χ4n) is 3.38. The monoisotopic (exact) mass is 248 g/mol. The summed E-state index contributed by atoms with van der Waals surface area (Å²) in [6.45, 7) is 3.69. The van der Waals surface area contributed by atoms with E-state index in [1.807, 2.05) is 12.3 Å². The second kappa shape index (κ2) is 5.89. The molecule has 100 valence electrons. The Hall–Kier alpha value is -0.800. The van der Waals surface area contributed by atoms with Crippen molar-refractivity contribution in [3.8, 4) is 0 Å². The third-order valence-electron chi connectivity index (χ3n) is 4.32. The smallest absolute Gasteiger partial charge is 0.133 e. The molecule has 0 aromatic carbocycles. The number of ether oxygens (including phenoxy) is 1. The lowest BCUT2D eigenvalue weighted by Gasteiger charge is -2.46. The molecule has 18 heavy (non-hydrogen) atoms. The summed E-state index contributed by atoms with van der Waals surface area (Å²) >= 11 is 0. The number of hydrogen-bond acceptors (Lipinski definition) is 3. The summed E-state index contributed by atoms with van der Waals surface area (Å²) in [6, 6.07) is 0.540. The Labute approximate surface area is 110 Å². The zero-order chi connectivity index (χ0) is 12.2. The van der Waals surface area contributed by atoms with Crippen LogP contribution in [0.4, 0.5) is 0 Å². The molecule has 3 aliphatic heterocycles. The molecule has 3 heteroatoms. The first-order valence-corrected chi connectivity index (χ1v) is 7.45. The lowest BCUT2D eigenvalue weighted by atomic mass is 9.97. The predicted molar refractivity (Wildman–Crippen MR) is 72.9 cm³/mol. The van der Waals surface area contributed by atoms with Gasteiger partial charge in [-0.2, -0.15) is 0 Å². The Kier molecular flexibility index (Phi) is 4.01. The molecule has 2 atom stereocenters. The van der Waals surface area contributed by atoms with Gasteiger partial charge in [-0.3, -0.25) is 0 Å². The molecule has 0 aromatic rings. The molecule has 2 saturated heterocycles.